The number of ether oxygens (including phenoxy) is 2. The van der Waals surface area contributed by atoms with Crippen molar-refractivity contribution in [2.75, 3.05) is 20.3 Å². The molecule has 0 amide bonds. The molecule has 5 heteroatoms. The quantitative estimate of drug-likeness (QED) is 0.750. The zero-order valence-electron chi connectivity index (χ0n) is 12.7. The van der Waals surface area contributed by atoms with Crippen LogP contribution in [0.25, 0.3) is 0 Å². The summed E-state index contributed by atoms with van der Waals surface area (Å²) in [5.41, 5.74) is 1.16. The van der Waals surface area contributed by atoms with Crippen LogP contribution in [-0.2, 0) is 6.54 Å². The van der Waals surface area contributed by atoms with Gasteiger partial charge >= 0.3 is 0 Å². The second-order valence-corrected chi connectivity index (χ2v) is 6.43. The van der Waals surface area contributed by atoms with Crippen molar-refractivity contribution >= 4 is 15.9 Å². The molecule has 1 aliphatic carbocycles. The Bertz CT molecular complexity index is 461. The van der Waals surface area contributed by atoms with Crippen LogP contribution in [0.2, 0.25) is 0 Å². The van der Waals surface area contributed by atoms with Crippen molar-refractivity contribution in [2.24, 2.45) is 5.92 Å². The largest absolute Gasteiger partial charge is 0.493 e. The van der Waals surface area contributed by atoms with Crippen LogP contribution in [0.1, 0.15) is 31.7 Å². The van der Waals surface area contributed by atoms with E-state index in [4.69, 9.17) is 9.47 Å². The van der Waals surface area contributed by atoms with Crippen molar-refractivity contribution in [1.29, 1.82) is 0 Å². The third-order valence-electron chi connectivity index (χ3n) is 3.71. The minimum absolute atomic E-state index is 0.0824. The molecule has 2 rings (SSSR count). The van der Waals surface area contributed by atoms with Gasteiger partial charge in [-0.25, -0.2) is 0 Å². The van der Waals surface area contributed by atoms with E-state index in [-0.39, 0.29) is 6.10 Å². The molecule has 1 aromatic rings. The molecule has 1 aromatic carbocycles. The Morgan fingerprint density at radius 3 is 2.76 bits per heavy atom. The predicted octanol–water partition coefficient (Wildman–Crippen LogP) is 3.11. The molecule has 0 aromatic heterocycles. The maximum atomic E-state index is 9.28. The van der Waals surface area contributed by atoms with Crippen LogP contribution in [0.4, 0.5) is 0 Å². The third-order valence-corrected chi connectivity index (χ3v) is 4.30. The van der Waals surface area contributed by atoms with Crippen LogP contribution in [0.3, 0.4) is 0 Å². The maximum Gasteiger partial charge on any atom is 0.175 e. The zero-order valence-corrected chi connectivity index (χ0v) is 14.3. The van der Waals surface area contributed by atoms with Crippen molar-refractivity contribution in [1.82, 2.24) is 5.32 Å². The Morgan fingerprint density at radius 2 is 2.14 bits per heavy atom. The van der Waals surface area contributed by atoms with Crippen molar-refractivity contribution in [3.63, 3.8) is 0 Å². The van der Waals surface area contributed by atoms with Gasteiger partial charge in [-0.3, -0.25) is 0 Å². The Morgan fingerprint density at radius 1 is 1.38 bits per heavy atom. The second-order valence-electron chi connectivity index (χ2n) is 5.58. The summed E-state index contributed by atoms with van der Waals surface area (Å²) >= 11 is 3.56. The summed E-state index contributed by atoms with van der Waals surface area (Å²) in [5, 5.41) is 12.7. The van der Waals surface area contributed by atoms with Crippen LogP contribution in [0, 0.1) is 5.92 Å². The summed E-state index contributed by atoms with van der Waals surface area (Å²) in [4.78, 5) is 0. The minimum atomic E-state index is -0.0824. The maximum absolute atomic E-state index is 9.28. The molecular formula is C16H24BrNO3. The summed E-state index contributed by atoms with van der Waals surface area (Å²) in [6, 6.07) is 4.08. The minimum Gasteiger partial charge on any atom is -0.493 e. The summed E-state index contributed by atoms with van der Waals surface area (Å²) in [5.74, 6) is 2.14. The van der Waals surface area contributed by atoms with Gasteiger partial charge in [0.05, 0.1) is 24.3 Å². The highest BCUT2D eigenvalue weighted by molar-refractivity contribution is 9.10. The molecule has 1 fully saturated rings. The van der Waals surface area contributed by atoms with Gasteiger partial charge in [0, 0.05) is 6.54 Å². The molecule has 0 bridgehead atoms. The van der Waals surface area contributed by atoms with Gasteiger partial charge in [0.25, 0.3) is 0 Å². The molecule has 0 atom stereocenters. The lowest BCUT2D eigenvalue weighted by molar-refractivity contribution is 0.0430. The number of aliphatic hydroxyl groups excluding tert-OH is 1. The Kier molecular flexibility index (Phi) is 6.33. The molecule has 0 radical (unpaired) electrons. The molecule has 0 unspecified atom stereocenters. The van der Waals surface area contributed by atoms with E-state index >= 15 is 0 Å². The fourth-order valence-corrected chi connectivity index (χ4v) is 3.11. The van der Waals surface area contributed by atoms with E-state index in [1.54, 1.807) is 7.11 Å². The zero-order chi connectivity index (χ0) is 15.2. The standard InChI is InChI=1S/C16H24BrNO3/c1-3-4-21-16-14(17)7-12(8-15(16)20-2)10-18-9-11-5-13(19)6-11/h7-8,11,13,18-19H,3-6,9-10H2,1-2H3. The number of halogens is 1. The fourth-order valence-electron chi connectivity index (χ4n) is 2.51. The molecular weight excluding hydrogens is 334 g/mol. The average molecular weight is 358 g/mol. The van der Waals surface area contributed by atoms with Gasteiger partial charge in [-0.15, -0.1) is 0 Å². The highest BCUT2D eigenvalue weighted by atomic mass is 79.9. The Balaban J connectivity index is 1.92. The van der Waals surface area contributed by atoms with Crippen molar-refractivity contribution in [3.8, 4) is 11.5 Å². The van der Waals surface area contributed by atoms with Gasteiger partial charge in [-0.2, -0.15) is 0 Å². The van der Waals surface area contributed by atoms with Crippen LogP contribution in [0.5, 0.6) is 11.5 Å². The van der Waals surface area contributed by atoms with E-state index in [2.05, 4.69) is 34.2 Å². The molecule has 0 saturated heterocycles. The number of hydrogen-bond acceptors (Lipinski definition) is 4. The molecule has 0 aliphatic heterocycles. The first-order chi connectivity index (χ1) is 10.1. The van der Waals surface area contributed by atoms with E-state index in [0.29, 0.717) is 12.5 Å². The molecule has 21 heavy (non-hydrogen) atoms. The molecule has 118 valence electrons. The van der Waals surface area contributed by atoms with Gasteiger partial charge in [0.15, 0.2) is 11.5 Å². The van der Waals surface area contributed by atoms with Crippen LogP contribution < -0.4 is 14.8 Å². The fraction of sp³-hybridized carbons (Fsp3) is 0.625. The van der Waals surface area contributed by atoms with Gasteiger partial charge in [0.2, 0.25) is 0 Å². The van der Waals surface area contributed by atoms with Crippen LogP contribution >= 0.6 is 15.9 Å². The van der Waals surface area contributed by atoms with Crippen molar-refractivity contribution in [3.05, 3.63) is 22.2 Å². The highest BCUT2D eigenvalue weighted by Crippen LogP contribution is 2.36. The highest BCUT2D eigenvalue weighted by Gasteiger charge is 2.26. The lowest BCUT2D eigenvalue weighted by Crippen LogP contribution is -2.35. The molecule has 1 aliphatic rings. The second kappa shape index (κ2) is 8.01. The molecule has 4 nitrogen and oxygen atoms in total. The van der Waals surface area contributed by atoms with Gasteiger partial charge in [0.1, 0.15) is 0 Å². The third kappa shape index (κ3) is 4.59. The summed E-state index contributed by atoms with van der Waals surface area (Å²) in [6.07, 6.45) is 2.72. The number of methoxy groups -OCH3 is 1. The van der Waals surface area contributed by atoms with E-state index in [0.717, 1.165) is 53.9 Å². The van der Waals surface area contributed by atoms with E-state index in [1.165, 1.54) is 0 Å². The monoisotopic (exact) mass is 357 g/mol. The Hall–Kier alpha value is -0.780. The van der Waals surface area contributed by atoms with Gasteiger partial charge < -0.3 is 19.9 Å². The average Bonchev–Trinajstić information content (AvgIpc) is 2.43. The van der Waals surface area contributed by atoms with Gasteiger partial charge in [-0.1, -0.05) is 6.92 Å². The number of aliphatic hydroxyl groups is 1. The van der Waals surface area contributed by atoms with Crippen molar-refractivity contribution in [2.45, 2.75) is 38.8 Å². The van der Waals surface area contributed by atoms with E-state index < -0.39 is 0 Å². The smallest absolute Gasteiger partial charge is 0.175 e. The number of benzene rings is 1. The summed E-state index contributed by atoms with van der Waals surface area (Å²) in [7, 11) is 1.66. The molecule has 0 heterocycles. The first-order valence-electron chi connectivity index (χ1n) is 7.52. The van der Waals surface area contributed by atoms with E-state index in [9.17, 15) is 5.11 Å². The SMILES string of the molecule is CCCOc1c(Br)cc(CNCC2CC(O)C2)cc1OC. The number of rotatable bonds is 8. The van der Waals surface area contributed by atoms with E-state index in [1.807, 2.05) is 6.07 Å². The Labute approximate surface area is 135 Å². The lowest BCUT2D eigenvalue weighted by Gasteiger charge is -2.31. The van der Waals surface area contributed by atoms with Crippen LogP contribution in [-0.4, -0.2) is 31.5 Å². The predicted molar refractivity (Wildman–Crippen MR) is 86.9 cm³/mol. The van der Waals surface area contributed by atoms with Crippen LogP contribution in [0.15, 0.2) is 16.6 Å². The van der Waals surface area contributed by atoms with Crippen molar-refractivity contribution < 1.29 is 14.6 Å². The molecule has 2 N–H and O–H groups in total. The van der Waals surface area contributed by atoms with Gasteiger partial charge in [-0.05, 0) is 65.4 Å². The number of hydrogen-bond donors (Lipinski definition) is 2. The number of nitrogens with one attached hydrogen (secondary N) is 1. The lowest BCUT2D eigenvalue weighted by atomic mass is 9.82. The molecule has 1 saturated carbocycles. The topological polar surface area (TPSA) is 50.7 Å². The first kappa shape index (κ1) is 16.6. The summed E-state index contributed by atoms with van der Waals surface area (Å²) < 4.78 is 12.1. The summed E-state index contributed by atoms with van der Waals surface area (Å²) in [6.45, 7) is 4.49. The normalized spacial score (nSPS) is 21.0. The molecule has 0 spiro atoms. The first-order valence-corrected chi connectivity index (χ1v) is 8.31.